The van der Waals surface area contributed by atoms with E-state index >= 15 is 0 Å². The number of hydrogen-bond donors (Lipinski definition) is 1. The fourth-order valence-electron chi connectivity index (χ4n) is 2.92. The van der Waals surface area contributed by atoms with Gasteiger partial charge in [0.1, 0.15) is 11.1 Å². The van der Waals surface area contributed by atoms with E-state index < -0.39 is 10.4 Å². The van der Waals surface area contributed by atoms with Crippen molar-refractivity contribution in [2.75, 3.05) is 14.2 Å². The quantitative estimate of drug-likeness (QED) is 0.284. The smallest absolute Gasteiger partial charge is 0.315 e. The number of rotatable bonds is 4. The lowest BCUT2D eigenvalue weighted by Gasteiger charge is -2.11. The molecule has 1 N–H and O–H groups in total. The van der Waals surface area contributed by atoms with Gasteiger partial charge in [-0.15, -0.1) is 0 Å². The zero-order valence-electron chi connectivity index (χ0n) is 17.3. The van der Waals surface area contributed by atoms with Crippen LogP contribution >= 0.6 is 0 Å². The number of hydrogen-bond acceptors (Lipinski definition) is 7. The Morgan fingerprint density at radius 1 is 1.16 bits per heavy atom. The van der Waals surface area contributed by atoms with Crippen LogP contribution in [0.1, 0.15) is 19.4 Å². The van der Waals surface area contributed by atoms with Crippen molar-refractivity contribution < 1.29 is 23.9 Å². The lowest BCUT2D eigenvalue weighted by molar-refractivity contribution is -0.385. The average molecular weight is 421 g/mol. The summed E-state index contributed by atoms with van der Waals surface area (Å²) in [6.45, 7) is 3.34. The van der Waals surface area contributed by atoms with Gasteiger partial charge < -0.3 is 19.0 Å². The molecule has 3 rings (SSSR count). The number of para-hydroxylation sites is 1. The maximum absolute atomic E-state index is 13.2. The molecule has 0 unspecified atom stereocenters. The summed E-state index contributed by atoms with van der Waals surface area (Å²) in [6, 6.07) is 9.27. The maximum Gasteiger partial charge on any atom is 0.315 e. The number of allylic oxidation sites excluding steroid dienone is 2. The molecule has 0 amide bonds. The Morgan fingerprint density at radius 3 is 2.48 bits per heavy atom. The molecule has 0 radical (unpaired) electrons. The van der Waals surface area contributed by atoms with Gasteiger partial charge in [0.15, 0.2) is 17.3 Å². The first-order chi connectivity index (χ1) is 14.8. The molecule has 0 aliphatic heterocycles. The molecule has 3 aromatic rings. The van der Waals surface area contributed by atoms with Gasteiger partial charge in [0.05, 0.1) is 24.5 Å². The number of benzene rings is 2. The zero-order chi connectivity index (χ0) is 22.7. The summed E-state index contributed by atoms with van der Waals surface area (Å²) < 4.78 is 16.3. The third-order valence-corrected chi connectivity index (χ3v) is 4.50. The van der Waals surface area contributed by atoms with Gasteiger partial charge in [-0.05, 0) is 43.5 Å². The molecule has 31 heavy (non-hydrogen) atoms. The van der Waals surface area contributed by atoms with Gasteiger partial charge >= 0.3 is 5.69 Å². The molecule has 0 atom stereocenters. The molecule has 8 nitrogen and oxygen atoms in total. The molecule has 2 aromatic carbocycles. The minimum Gasteiger partial charge on any atom is -0.501 e. The molecular weight excluding hydrogens is 402 g/mol. The van der Waals surface area contributed by atoms with Crippen LogP contribution in [0.5, 0.6) is 11.5 Å². The molecule has 0 aliphatic carbocycles. The first-order valence-corrected chi connectivity index (χ1v) is 9.13. The van der Waals surface area contributed by atoms with E-state index in [1.165, 1.54) is 26.4 Å². The van der Waals surface area contributed by atoms with Gasteiger partial charge in [-0.3, -0.25) is 14.9 Å². The number of nitro groups is 1. The molecule has 1 aromatic heterocycles. The van der Waals surface area contributed by atoms with E-state index in [0.717, 1.165) is 0 Å². The number of aliphatic hydroxyl groups is 1. The van der Waals surface area contributed by atoms with Gasteiger partial charge in [-0.2, -0.15) is 0 Å². The molecule has 0 spiro atoms. The highest BCUT2D eigenvalue weighted by atomic mass is 16.6. The molecule has 1 heterocycles. The van der Waals surface area contributed by atoms with Gasteiger partial charge in [-0.25, -0.2) is 0 Å². The second-order valence-corrected chi connectivity index (χ2v) is 6.72. The van der Waals surface area contributed by atoms with Crippen molar-refractivity contribution in [2.24, 2.45) is 0 Å². The Bertz CT molecular complexity index is 1340. The van der Waals surface area contributed by atoms with Crippen molar-refractivity contribution in [1.82, 2.24) is 0 Å². The molecule has 8 heteroatoms. The Balaban J connectivity index is 2.43. The Morgan fingerprint density at radius 2 is 1.87 bits per heavy atom. The molecular formula is C23H19NO7. The number of ether oxygens (including phenoxy) is 2. The molecule has 0 fully saturated rings. The van der Waals surface area contributed by atoms with Crippen LogP contribution in [0.3, 0.4) is 0 Å². The Hall–Kier alpha value is -4.25. The van der Waals surface area contributed by atoms with Crippen molar-refractivity contribution in [3.63, 3.8) is 0 Å². The number of methoxy groups -OCH3 is 2. The van der Waals surface area contributed by atoms with E-state index in [2.05, 4.69) is 11.8 Å². The second kappa shape index (κ2) is 8.63. The maximum atomic E-state index is 13.2. The van der Waals surface area contributed by atoms with Crippen LogP contribution in [0.2, 0.25) is 0 Å². The monoisotopic (exact) mass is 421 g/mol. The average Bonchev–Trinajstić information content (AvgIpc) is 2.76. The highest BCUT2D eigenvalue weighted by Crippen LogP contribution is 2.41. The summed E-state index contributed by atoms with van der Waals surface area (Å²) in [4.78, 5) is 24.1. The van der Waals surface area contributed by atoms with E-state index in [0.29, 0.717) is 11.0 Å². The fourth-order valence-corrected chi connectivity index (χ4v) is 2.92. The summed E-state index contributed by atoms with van der Waals surface area (Å²) in [5, 5.41) is 21.9. The third-order valence-electron chi connectivity index (χ3n) is 4.50. The van der Waals surface area contributed by atoms with Crippen LogP contribution in [0, 0.1) is 22.0 Å². The standard InChI is InChI=1S/C23H19NO7/c1-13(2)18(25)10-9-16-21(26)15-7-5-6-8-19(15)31-22(16)14-11-17(24(27)28)23(30-4)20(12-14)29-3/h5-8,11-12,25H,1-4H3. The number of fused-ring (bicyclic) bond motifs is 1. The van der Waals surface area contributed by atoms with Crippen LogP contribution < -0.4 is 14.9 Å². The van der Waals surface area contributed by atoms with E-state index in [4.69, 9.17) is 13.9 Å². The normalized spacial score (nSPS) is 10.2. The highest BCUT2D eigenvalue weighted by Gasteiger charge is 2.25. The van der Waals surface area contributed by atoms with Gasteiger partial charge in [0, 0.05) is 11.6 Å². The van der Waals surface area contributed by atoms with Crippen molar-refractivity contribution >= 4 is 16.7 Å². The molecule has 0 aliphatic rings. The SMILES string of the molecule is COc1cc(-c2oc3ccccc3c(=O)c2C#CC(O)=C(C)C)cc([N+](=O)[O-])c1OC. The van der Waals surface area contributed by atoms with Crippen LogP contribution in [0.15, 0.2) is 56.9 Å². The van der Waals surface area contributed by atoms with Crippen molar-refractivity contribution in [3.05, 3.63) is 73.6 Å². The predicted molar refractivity (Wildman–Crippen MR) is 116 cm³/mol. The molecule has 0 bridgehead atoms. The largest absolute Gasteiger partial charge is 0.501 e. The zero-order valence-corrected chi connectivity index (χ0v) is 17.3. The lowest BCUT2D eigenvalue weighted by Crippen LogP contribution is -2.09. The van der Waals surface area contributed by atoms with Crippen LogP contribution in [-0.2, 0) is 0 Å². The van der Waals surface area contributed by atoms with Gasteiger partial charge in [0.25, 0.3) is 0 Å². The number of nitrogens with zero attached hydrogens (tertiary/aromatic N) is 1. The Labute approximate surface area is 177 Å². The third kappa shape index (κ3) is 4.07. The topological polar surface area (TPSA) is 112 Å². The summed E-state index contributed by atoms with van der Waals surface area (Å²) in [5.74, 6) is 5.06. The van der Waals surface area contributed by atoms with E-state index in [1.54, 1.807) is 38.1 Å². The highest BCUT2D eigenvalue weighted by molar-refractivity contribution is 5.83. The minimum absolute atomic E-state index is 0.0156. The van der Waals surface area contributed by atoms with Gasteiger partial charge in [0.2, 0.25) is 11.2 Å². The summed E-state index contributed by atoms with van der Waals surface area (Å²) >= 11 is 0. The summed E-state index contributed by atoms with van der Waals surface area (Å²) in [7, 11) is 2.63. The van der Waals surface area contributed by atoms with Crippen LogP contribution in [-0.4, -0.2) is 24.2 Å². The van der Waals surface area contributed by atoms with Crippen molar-refractivity contribution in [1.29, 1.82) is 0 Å². The molecule has 158 valence electrons. The second-order valence-electron chi connectivity index (χ2n) is 6.72. The summed E-state index contributed by atoms with van der Waals surface area (Å²) in [5.41, 5.74) is 0.223. The number of nitro benzene ring substituents is 1. The van der Waals surface area contributed by atoms with Crippen LogP contribution in [0.4, 0.5) is 5.69 Å². The first kappa shape index (κ1) is 21.5. The van der Waals surface area contributed by atoms with Crippen molar-refractivity contribution in [3.8, 4) is 34.7 Å². The van der Waals surface area contributed by atoms with Gasteiger partial charge in [-0.1, -0.05) is 18.1 Å². The van der Waals surface area contributed by atoms with Crippen LogP contribution in [0.25, 0.3) is 22.3 Å². The van der Waals surface area contributed by atoms with Crippen molar-refractivity contribution in [2.45, 2.75) is 13.8 Å². The Kier molecular flexibility index (Phi) is 5.97. The molecule has 0 saturated heterocycles. The first-order valence-electron chi connectivity index (χ1n) is 9.13. The minimum atomic E-state index is -0.621. The van der Waals surface area contributed by atoms with E-state index in [1.807, 2.05) is 0 Å². The lowest BCUT2D eigenvalue weighted by atomic mass is 10.0. The van der Waals surface area contributed by atoms with E-state index in [-0.39, 0.29) is 45.4 Å². The number of aliphatic hydroxyl groups excluding tert-OH is 1. The molecule has 0 saturated carbocycles. The van der Waals surface area contributed by atoms with E-state index in [9.17, 15) is 20.0 Å². The summed E-state index contributed by atoms with van der Waals surface area (Å²) in [6.07, 6.45) is 0. The predicted octanol–water partition coefficient (Wildman–Crippen LogP) is 4.59. The fraction of sp³-hybridized carbons (Fsp3) is 0.174.